The lowest BCUT2D eigenvalue weighted by Gasteiger charge is -2.42. The molecule has 0 rings (SSSR count). The Morgan fingerprint density at radius 1 is 0.767 bits per heavy atom. The van der Waals surface area contributed by atoms with Crippen molar-refractivity contribution in [3.8, 4) is 0 Å². The fraction of sp³-hybridized carbons (Fsp3) is 1.00. The molecule has 2 unspecified atom stereocenters. The summed E-state index contributed by atoms with van der Waals surface area (Å²) in [6.07, 6.45) is 3.62. The molecule has 0 saturated carbocycles. The zero-order valence-electron chi connectivity index (χ0n) is 22.0. The van der Waals surface area contributed by atoms with Crippen LogP contribution in [0.15, 0.2) is 0 Å². The van der Waals surface area contributed by atoms with Gasteiger partial charge in [-0.05, 0) is 78.1 Å². The van der Waals surface area contributed by atoms with Crippen LogP contribution in [0.25, 0.3) is 0 Å². The fourth-order valence-corrected chi connectivity index (χ4v) is 3.05. The minimum absolute atomic E-state index is 0.00544. The molecule has 0 aromatic carbocycles. The van der Waals surface area contributed by atoms with Crippen molar-refractivity contribution in [1.82, 2.24) is 0 Å². The Hall–Kier alpha value is -0.200. The van der Waals surface area contributed by atoms with Crippen LogP contribution in [0.4, 0.5) is 0 Å². The van der Waals surface area contributed by atoms with Gasteiger partial charge in [0.05, 0.1) is 30.5 Å². The Morgan fingerprint density at radius 2 is 1.33 bits per heavy atom. The van der Waals surface area contributed by atoms with E-state index in [4.69, 9.17) is 24.7 Å². The van der Waals surface area contributed by atoms with E-state index in [-0.39, 0.29) is 28.9 Å². The number of hydrogen-bond donors (Lipinski definition) is 1. The van der Waals surface area contributed by atoms with Gasteiger partial charge in [-0.3, -0.25) is 0 Å². The first-order valence-electron chi connectivity index (χ1n) is 11.8. The maximum absolute atomic E-state index is 6.70. The molecular formula is C25H53NO4. The van der Waals surface area contributed by atoms with E-state index >= 15 is 0 Å². The highest BCUT2D eigenvalue weighted by molar-refractivity contribution is 4.85. The van der Waals surface area contributed by atoms with E-state index in [9.17, 15) is 0 Å². The Morgan fingerprint density at radius 3 is 1.83 bits per heavy atom. The van der Waals surface area contributed by atoms with Crippen LogP contribution < -0.4 is 5.73 Å². The van der Waals surface area contributed by atoms with Crippen molar-refractivity contribution >= 4 is 0 Å². The van der Waals surface area contributed by atoms with Crippen molar-refractivity contribution < 1.29 is 18.9 Å². The van der Waals surface area contributed by atoms with Gasteiger partial charge in [0.2, 0.25) is 0 Å². The van der Waals surface area contributed by atoms with Crippen molar-refractivity contribution in [3.63, 3.8) is 0 Å². The second-order valence-electron chi connectivity index (χ2n) is 11.8. The summed E-state index contributed by atoms with van der Waals surface area (Å²) in [6.45, 7) is 26.5. The van der Waals surface area contributed by atoms with E-state index < -0.39 is 0 Å². The Bertz CT molecular complexity index is 453. The molecule has 0 aliphatic carbocycles. The molecule has 0 aromatic rings. The van der Waals surface area contributed by atoms with Crippen LogP contribution in [0.1, 0.15) is 102 Å². The molecule has 0 bridgehead atoms. The third-order valence-corrected chi connectivity index (χ3v) is 5.62. The van der Waals surface area contributed by atoms with Gasteiger partial charge in [-0.15, -0.1) is 0 Å². The summed E-state index contributed by atoms with van der Waals surface area (Å²) in [7, 11) is 0. The van der Waals surface area contributed by atoms with E-state index in [0.29, 0.717) is 25.2 Å². The van der Waals surface area contributed by atoms with Crippen LogP contribution in [0.5, 0.6) is 0 Å². The van der Waals surface area contributed by atoms with Gasteiger partial charge in [-0.25, -0.2) is 0 Å². The van der Waals surface area contributed by atoms with Crippen LogP contribution in [0.2, 0.25) is 0 Å². The van der Waals surface area contributed by atoms with Crippen LogP contribution in [-0.2, 0) is 18.9 Å². The molecule has 0 radical (unpaired) electrons. The zero-order chi connectivity index (χ0) is 23.6. The highest BCUT2D eigenvalue weighted by Gasteiger charge is 2.37. The van der Waals surface area contributed by atoms with Gasteiger partial charge in [-0.2, -0.15) is 0 Å². The summed E-state index contributed by atoms with van der Waals surface area (Å²) >= 11 is 0. The second-order valence-corrected chi connectivity index (χ2v) is 11.8. The summed E-state index contributed by atoms with van der Waals surface area (Å²) in [5.41, 5.74) is 5.41. The van der Waals surface area contributed by atoms with E-state index in [1.54, 1.807) is 0 Å². The molecule has 0 spiro atoms. The smallest absolute Gasteiger partial charge is 0.102 e. The molecule has 0 aliphatic rings. The highest BCUT2D eigenvalue weighted by atomic mass is 16.6. The molecule has 0 fully saturated rings. The minimum Gasteiger partial charge on any atom is -0.382 e. The molecule has 2 atom stereocenters. The van der Waals surface area contributed by atoms with Crippen LogP contribution in [0, 0.1) is 10.8 Å². The highest BCUT2D eigenvalue weighted by Crippen LogP contribution is 2.37. The van der Waals surface area contributed by atoms with Crippen LogP contribution >= 0.6 is 0 Å². The van der Waals surface area contributed by atoms with Crippen LogP contribution in [0.3, 0.4) is 0 Å². The molecule has 0 aromatic heterocycles. The van der Waals surface area contributed by atoms with Crippen molar-refractivity contribution in [2.24, 2.45) is 16.6 Å². The standard InChI is InChI=1S/C25H53NO4/c1-12-27-17-15-25(10,11)30-21(23(6,7)14-13-22(3,4)5)19-29-24(8,9)16-18-28-20(2)26/h20-21H,12-19,26H2,1-11H3. The summed E-state index contributed by atoms with van der Waals surface area (Å²) < 4.78 is 24.2. The monoisotopic (exact) mass is 431 g/mol. The third kappa shape index (κ3) is 14.7. The third-order valence-electron chi connectivity index (χ3n) is 5.62. The predicted molar refractivity (Wildman–Crippen MR) is 127 cm³/mol. The van der Waals surface area contributed by atoms with Gasteiger partial charge in [-0.1, -0.05) is 34.6 Å². The van der Waals surface area contributed by atoms with Gasteiger partial charge >= 0.3 is 0 Å². The fourth-order valence-electron chi connectivity index (χ4n) is 3.05. The minimum atomic E-state index is -0.300. The van der Waals surface area contributed by atoms with E-state index in [1.807, 2.05) is 13.8 Å². The lowest BCUT2D eigenvalue weighted by molar-refractivity contribution is -0.175. The van der Waals surface area contributed by atoms with Gasteiger partial charge in [0.15, 0.2) is 0 Å². The molecule has 0 aliphatic heterocycles. The summed E-state index contributed by atoms with van der Waals surface area (Å²) in [6, 6.07) is 0. The number of ether oxygens (including phenoxy) is 4. The molecule has 182 valence electrons. The summed E-state index contributed by atoms with van der Waals surface area (Å²) in [5, 5.41) is 0. The van der Waals surface area contributed by atoms with Crippen molar-refractivity contribution in [3.05, 3.63) is 0 Å². The molecule has 0 amide bonds. The van der Waals surface area contributed by atoms with Gasteiger partial charge in [0.25, 0.3) is 0 Å². The molecule has 30 heavy (non-hydrogen) atoms. The Balaban J connectivity index is 5.17. The molecule has 2 N–H and O–H groups in total. The maximum Gasteiger partial charge on any atom is 0.102 e. The van der Waals surface area contributed by atoms with Crippen molar-refractivity contribution in [2.75, 3.05) is 26.4 Å². The average molecular weight is 432 g/mol. The molecule has 0 heterocycles. The zero-order valence-corrected chi connectivity index (χ0v) is 22.0. The summed E-state index contributed by atoms with van der Waals surface area (Å²) in [4.78, 5) is 0. The first kappa shape index (κ1) is 29.8. The molecule has 5 heteroatoms. The van der Waals surface area contributed by atoms with Gasteiger partial charge in [0.1, 0.15) is 6.23 Å². The van der Waals surface area contributed by atoms with Crippen LogP contribution in [-0.4, -0.2) is 50.0 Å². The first-order valence-corrected chi connectivity index (χ1v) is 11.8. The number of rotatable bonds is 16. The maximum atomic E-state index is 6.70. The van der Waals surface area contributed by atoms with Crippen molar-refractivity contribution in [1.29, 1.82) is 0 Å². The molecular weight excluding hydrogens is 378 g/mol. The van der Waals surface area contributed by atoms with Gasteiger partial charge < -0.3 is 24.7 Å². The lowest BCUT2D eigenvalue weighted by Crippen LogP contribution is -2.45. The average Bonchev–Trinajstić information content (AvgIpc) is 2.56. The summed E-state index contributed by atoms with van der Waals surface area (Å²) in [5.74, 6) is 0. The van der Waals surface area contributed by atoms with E-state index in [1.165, 1.54) is 0 Å². The second kappa shape index (κ2) is 12.7. The Labute approximate surface area is 187 Å². The predicted octanol–water partition coefficient (Wildman–Crippen LogP) is 5.94. The first-order chi connectivity index (χ1) is 13.5. The molecule has 5 nitrogen and oxygen atoms in total. The van der Waals surface area contributed by atoms with Gasteiger partial charge in [0, 0.05) is 13.2 Å². The SMILES string of the molecule is CCOCCC(C)(C)OC(COC(C)(C)CCOC(C)N)C(C)(C)CCC(C)(C)C. The largest absolute Gasteiger partial charge is 0.382 e. The number of nitrogens with two attached hydrogens (primary N) is 1. The van der Waals surface area contributed by atoms with E-state index in [2.05, 4.69) is 62.3 Å². The topological polar surface area (TPSA) is 62.9 Å². The van der Waals surface area contributed by atoms with E-state index in [0.717, 1.165) is 32.3 Å². The Kier molecular flexibility index (Phi) is 12.7. The van der Waals surface area contributed by atoms with Crippen molar-refractivity contribution in [2.45, 2.75) is 125 Å². The lowest BCUT2D eigenvalue weighted by atomic mass is 9.76. The quantitative estimate of drug-likeness (QED) is 0.242. The molecule has 0 saturated heterocycles. The number of hydrogen-bond acceptors (Lipinski definition) is 5. The normalized spacial score (nSPS) is 16.0.